The van der Waals surface area contributed by atoms with Crippen LogP contribution in [-0.4, -0.2) is 45.2 Å². The average Bonchev–Trinajstić information content (AvgIpc) is 2.75. The SMILES string of the molecule is COCCNC(=O)C1CCC(C(=O)Nc2ccc(N3CCCCC3)cc2)CC1. The number of methoxy groups -OCH3 is 1. The van der Waals surface area contributed by atoms with Crippen LogP contribution in [0, 0.1) is 11.8 Å². The number of hydrogen-bond donors (Lipinski definition) is 2. The van der Waals surface area contributed by atoms with E-state index in [4.69, 9.17) is 4.74 Å². The minimum atomic E-state index is -0.00945. The molecule has 1 aliphatic heterocycles. The van der Waals surface area contributed by atoms with Crippen molar-refractivity contribution in [3.63, 3.8) is 0 Å². The van der Waals surface area contributed by atoms with Crippen molar-refractivity contribution in [1.29, 1.82) is 0 Å². The third-order valence-corrected chi connectivity index (χ3v) is 5.93. The highest BCUT2D eigenvalue weighted by Crippen LogP contribution is 2.30. The first kappa shape index (κ1) is 20.6. The van der Waals surface area contributed by atoms with Gasteiger partial charge in [-0.3, -0.25) is 9.59 Å². The number of amides is 2. The number of benzene rings is 1. The molecule has 0 spiro atoms. The fourth-order valence-electron chi connectivity index (χ4n) is 4.19. The largest absolute Gasteiger partial charge is 0.383 e. The molecule has 1 heterocycles. The van der Waals surface area contributed by atoms with Crippen molar-refractivity contribution >= 4 is 23.2 Å². The van der Waals surface area contributed by atoms with Crippen LogP contribution in [0.3, 0.4) is 0 Å². The summed E-state index contributed by atoms with van der Waals surface area (Å²) < 4.78 is 4.96. The Bertz CT molecular complexity index is 633. The summed E-state index contributed by atoms with van der Waals surface area (Å²) in [5, 5.41) is 5.95. The van der Waals surface area contributed by atoms with Crippen LogP contribution in [0.25, 0.3) is 0 Å². The Hall–Kier alpha value is -2.08. The van der Waals surface area contributed by atoms with E-state index in [-0.39, 0.29) is 23.7 Å². The Morgan fingerprint density at radius 1 is 0.964 bits per heavy atom. The number of carbonyl (C=O) groups excluding carboxylic acids is 2. The minimum absolute atomic E-state index is 0.00945. The Morgan fingerprint density at radius 2 is 1.57 bits per heavy atom. The highest BCUT2D eigenvalue weighted by atomic mass is 16.5. The van der Waals surface area contributed by atoms with Crippen molar-refractivity contribution in [3.05, 3.63) is 24.3 Å². The second-order valence-electron chi connectivity index (χ2n) is 7.92. The Labute approximate surface area is 168 Å². The van der Waals surface area contributed by atoms with E-state index < -0.39 is 0 Å². The summed E-state index contributed by atoms with van der Waals surface area (Å²) in [4.78, 5) is 27.1. The Kier molecular flexibility index (Phi) is 7.71. The molecule has 3 rings (SSSR count). The third kappa shape index (κ3) is 5.71. The third-order valence-electron chi connectivity index (χ3n) is 5.93. The molecule has 2 N–H and O–H groups in total. The molecule has 154 valence electrons. The molecule has 1 saturated carbocycles. The lowest BCUT2D eigenvalue weighted by molar-refractivity contribution is -0.128. The minimum Gasteiger partial charge on any atom is -0.383 e. The smallest absolute Gasteiger partial charge is 0.227 e. The van der Waals surface area contributed by atoms with Gasteiger partial charge in [0, 0.05) is 50.0 Å². The standard InChI is InChI=1S/C22H33N3O3/c1-28-16-13-23-21(26)17-5-7-18(8-6-17)22(27)24-19-9-11-20(12-10-19)25-14-3-2-4-15-25/h9-12,17-18H,2-8,13-16H2,1H3,(H,23,26)(H,24,27). The molecule has 1 aromatic carbocycles. The first-order chi connectivity index (χ1) is 13.7. The topological polar surface area (TPSA) is 70.7 Å². The van der Waals surface area contributed by atoms with Gasteiger partial charge in [0.25, 0.3) is 0 Å². The molecule has 0 atom stereocenters. The Morgan fingerprint density at radius 3 is 2.18 bits per heavy atom. The summed E-state index contributed by atoms with van der Waals surface area (Å²) in [6.07, 6.45) is 6.90. The van der Waals surface area contributed by atoms with Gasteiger partial charge in [0.1, 0.15) is 0 Å². The maximum absolute atomic E-state index is 12.6. The van der Waals surface area contributed by atoms with Crippen LogP contribution in [0.2, 0.25) is 0 Å². The molecule has 1 aromatic rings. The van der Waals surface area contributed by atoms with Crippen molar-refractivity contribution < 1.29 is 14.3 Å². The quantitative estimate of drug-likeness (QED) is 0.705. The summed E-state index contributed by atoms with van der Waals surface area (Å²) in [5.74, 6) is 0.169. The highest BCUT2D eigenvalue weighted by molar-refractivity contribution is 5.93. The van der Waals surface area contributed by atoms with E-state index in [9.17, 15) is 9.59 Å². The fraction of sp³-hybridized carbons (Fsp3) is 0.636. The van der Waals surface area contributed by atoms with E-state index in [0.717, 1.165) is 44.5 Å². The zero-order chi connectivity index (χ0) is 19.8. The van der Waals surface area contributed by atoms with Crippen LogP contribution >= 0.6 is 0 Å². The van der Waals surface area contributed by atoms with Gasteiger partial charge in [-0.05, 0) is 69.2 Å². The maximum Gasteiger partial charge on any atom is 0.227 e. The van der Waals surface area contributed by atoms with Crippen molar-refractivity contribution in [2.24, 2.45) is 11.8 Å². The lowest BCUT2D eigenvalue weighted by atomic mass is 9.81. The van der Waals surface area contributed by atoms with Crippen LogP contribution in [0.15, 0.2) is 24.3 Å². The molecule has 0 unspecified atom stereocenters. The first-order valence-corrected chi connectivity index (χ1v) is 10.6. The van der Waals surface area contributed by atoms with Crippen molar-refractivity contribution in [3.8, 4) is 0 Å². The highest BCUT2D eigenvalue weighted by Gasteiger charge is 2.29. The zero-order valence-electron chi connectivity index (χ0n) is 16.9. The monoisotopic (exact) mass is 387 g/mol. The molecule has 2 fully saturated rings. The molecule has 2 aliphatic rings. The molecule has 2 amide bonds. The molecule has 0 aromatic heterocycles. The van der Waals surface area contributed by atoms with Crippen LogP contribution in [0.1, 0.15) is 44.9 Å². The molecule has 0 bridgehead atoms. The fourth-order valence-corrected chi connectivity index (χ4v) is 4.19. The van der Waals surface area contributed by atoms with Gasteiger partial charge in [-0.2, -0.15) is 0 Å². The van der Waals surface area contributed by atoms with E-state index >= 15 is 0 Å². The van der Waals surface area contributed by atoms with Crippen LogP contribution in [0.5, 0.6) is 0 Å². The summed E-state index contributed by atoms with van der Waals surface area (Å²) >= 11 is 0. The van der Waals surface area contributed by atoms with E-state index in [2.05, 4.69) is 27.7 Å². The van der Waals surface area contributed by atoms with Crippen molar-refractivity contribution in [2.45, 2.75) is 44.9 Å². The molecule has 1 aliphatic carbocycles. The molecular weight excluding hydrogens is 354 g/mol. The average molecular weight is 388 g/mol. The number of nitrogens with one attached hydrogen (secondary N) is 2. The molecule has 6 heteroatoms. The number of nitrogens with zero attached hydrogens (tertiary/aromatic N) is 1. The summed E-state index contributed by atoms with van der Waals surface area (Å²) in [7, 11) is 1.62. The zero-order valence-corrected chi connectivity index (χ0v) is 16.9. The summed E-state index contributed by atoms with van der Waals surface area (Å²) in [6.45, 7) is 3.31. The summed E-state index contributed by atoms with van der Waals surface area (Å²) in [6, 6.07) is 8.19. The molecular formula is C22H33N3O3. The predicted octanol–water partition coefficient (Wildman–Crippen LogP) is 3.18. The van der Waals surface area contributed by atoms with Crippen LogP contribution < -0.4 is 15.5 Å². The van der Waals surface area contributed by atoms with E-state index in [1.807, 2.05) is 12.1 Å². The van der Waals surface area contributed by atoms with Gasteiger partial charge in [0.05, 0.1) is 6.61 Å². The van der Waals surface area contributed by atoms with Gasteiger partial charge in [-0.1, -0.05) is 0 Å². The molecule has 6 nitrogen and oxygen atoms in total. The Balaban J connectivity index is 1.43. The van der Waals surface area contributed by atoms with Gasteiger partial charge >= 0.3 is 0 Å². The van der Waals surface area contributed by atoms with Crippen LogP contribution in [-0.2, 0) is 14.3 Å². The lowest BCUT2D eigenvalue weighted by Crippen LogP contribution is -2.36. The molecule has 0 radical (unpaired) electrons. The number of ether oxygens (including phenoxy) is 1. The lowest BCUT2D eigenvalue weighted by Gasteiger charge is -2.29. The second-order valence-corrected chi connectivity index (χ2v) is 7.92. The van der Waals surface area contributed by atoms with Crippen molar-refractivity contribution in [2.75, 3.05) is 43.6 Å². The molecule has 28 heavy (non-hydrogen) atoms. The first-order valence-electron chi connectivity index (χ1n) is 10.6. The predicted molar refractivity (Wildman–Crippen MR) is 111 cm³/mol. The van der Waals surface area contributed by atoms with Crippen molar-refractivity contribution in [1.82, 2.24) is 5.32 Å². The maximum atomic E-state index is 12.6. The van der Waals surface area contributed by atoms with Gasteiger partial charge in [0.15, 0.2) is 0 Å². The number of rotatable bonds is 7. The van der Waals surface area contributed by atoms with Gasteiger partial charge < -0.3 is 20.3 Å². The van der Waals surface area contributed by atoms with E-state index in [1.165, 1.54) is 24.9 Å². The summed E-state index contributed by atoms with van der Waals surface area (Å²) in [5.41, 5.74) is 2.09. The molecule has 1 saturated heterocycles. The number of piperidine rings is 1. The number of anilines is 2. The number of hydrogen-bond acceptors (Lipinski definition) is 4. The van der Waals surface area contributed by atoms with Gasteiger partial charge in [0.2, 0.25) is 11.8 Å². The normalized spacial score (nSPS) is 22.5. The van der Waals surface area contributed by atoms with E-state index in [0.29, 0.717) is 13.2 Å². The van der Waals surface area contributed by atoms with Crippen LogP contribution in [0.4, 0.5) is 11.4 Å². The second kappa shape index (κ2) is 10.5. The van der Waals surface area contributed by atoms with E-state index in [1.54, 1.807) is 7.11 Å². The van der Waals surface area contributed by atoms with Gasteiger partial charge in [-0.15, -0.1) is 0 Å². The number of carbonyl (C=O) groups is 2. The van der Waals surface area contributed by atoms with Gasteiger partial charge in [-0.25, -0.2) is 0 Å².